The van der Waals surface area contributed by atoms with E-state index in [0.29, 0.717) is 17.8 Å². The molecular formula is C39H52N4O5. The highest BCUT2D eigenvalue weighted by atomic mass is 16.5. The lowest BCUT2D eigenvalue weighted by atomic mass is 9.62. The molecule has 3 aliphatic rings. The average molecular weight is 657 g/mol. The Balaban J connectivity index is 1.64. The van der Waals surface area contributed by atoms with Crippen molar-refractivity contribution in [2.75, 3.05) is 47.5 Å². The van der Waals surface area contributed by atoms with Crippen molar-refractivity contribution in [3.63, 3.8) is 0 Å². The highest BCUT2D eigenvalue weighted by Crippen LogP contribution is 2.66. The third-order valence-electron chi connectivity index (χ3n) is 11.1. The first-order valence-corrected chi connectivity index (χ1v) is 17.3. The highest BCUT2D eigenvalue weighted by Gasteiger charge is 2.80. The molecule has 9 heteroatoms. The summed E-state index contributed by atoms with van der Waals surface area (Å²) in [6.45, 7) is 21.7. The van der Waals surface area contributed by atoms with Crippen molar-refractivity contribution in [1.29, 1.82) is 0 Å². The number of hydrogen-bond donors (Lipinski definition) is 1. The van der Waals surface area contributed by atoms with E-state index in [1.165, 1.54) is 0 Å². The fourth-order valence-corrected chi connectivity index (χ4v) is 8.57. The molecule has 3 aliphatic heterocycles. The van der Waals surface area contributed by atoms with Crippen LogP contribution < -0.4 is 14.7 Å². The van der Waals surface area contributed by atoms with Gasteiger partial charge in [0.2, 0.25) is 11.8 Å². The van der Waals surface area contributed by atoms with Gasteiger partial charge < -0.3 is 29.4 Å². The molecule has 48 heavy (non-hydrogen) atoms. The van der Waals surface area contributed by atoms with Crippen LogP contribution in [0.25, 0.3) is 0 Å². The smallest absolute Gasteiger partial charge is 0.253 e. The van der Waals surface area contributed by atoms with Crippen LogP contribution in [0, 0.1) is 23.7 Å². The molecule has 7 atom stereocenters. The van der Waals surface area contributed by atoms with Gasteiger partial charge in [0.05, 0.1) is 30.1 Å². The summed E-state index contributed by atoms with van der Waals surface area (Å²) in [6, 6.07) is 15.5. The van der Waals surface area contributed by atoms with Gasteiger partial charge in [-0.2, -0.15) is 0 Å². The first-order chi connectivity index (χ1) is 22.9. The van der Waals surface area contributed by atoms with Crippen molar-refractivity contribution < 1.29 is 24.2 Å². The van der Waals surface area contributed by atoms with Gasteiger partial charge in [-0.3, -0.25) is 14.4 Å². The molecule has 1 spiro atoms. The van der Waals surface area contributed by atoms with E-state index in [4.69, 9.17) is 4.74 Å². The summed E-state index contributed by atoms with van der Waals surface area (Å²) in [5.41, 5.74) is 0.175. The van der Waals surface area contributed by atoms with Gasteiger partial charge in [-0.1, -0.05) is 51.1 Å². The number of fused-ring (bicyclic) bond motifs is 1. The average Bonchev–Trinajstić information content (AvgIpc) is 3.60. The first kappa shape index (κ1) is 35.4. The van der Waals surface area contributed by atoms with E-state index in [0.717, 1.165) is 18.8 Å². The summed E-state index contributed by atoms with van der Waals surface area (Å²) in [5.74, 6) is -2.90. The number of nitrogens with zero attached hydrogens (tertiary/aromatic N) is 4. The Hall–Kier alpha value is -3.95. The summed E-state index contributed by atoms with van der Waals surface area (Å²) in [7, 11) is 0. The van der Waals surface area contributed by atoms with Gasteiger partial charge >= 0.3 is 0 Å². The predicted molar refractivity (Wildman–Crippen MR) is 191 cm³/mol. The molecular weight excluding hydrogens is 604 g/mol. The zero-order valence-electron chi connectivity index (χ0n) is 29.3. The van der Waals surface area contributed by atoms with Crippen molar-refractivity contribution in [3.05, 3.63) is 79.9 Å². The maximum Gasteiger partial charge on any atom is 0.253 e. The number of carbonyl (C=O) groups is 3. The molecule has 3 unspecified atom stereocenters. The minimum absolute atomic E-state index is 0.125. The molecule has 9 nitrogen and oxygen atoms in total. The number of carbonyl (C=O) groups excluding carboxylic acids is 3. The number of aliphatic hydroxyl groups excluding tert-OH is 1. The molecule has 1 N–H and O–H groups in total. The summed E-state index contributed by atoms with van der Waals surface area (Å²) < 4.78 is 7.04. The number of aliphatic hydroxyl groups is 1. The molecule has 3 heterocycles. The summed E-state index contributed by atoms with van der Waals surface area (Å²) in [5, 5.41) is 10.7. The fraction of sp³-hybridized carbons (Fsp3) is 0.513. The number of para-hydroxylation sites is 1. The van der Waals surface area contributed by atoms with Gasteiger partial charge in [0.25, 0.3) is 5.91 Å². The Labute approximate surface area is 285 Å². The van der Waals surface area contributed by atoms with Crippen LogP contribution in [0.4, 0.5) is 17.1 Å². The van der Waals surface area contributed by atoms with Crippen LogP contribution >= 0.6 is 0 Å². The number of benzene rings is 2. The zero-order chi connectivity index (χ0) is 35.0. The summed E-state index contributed by atoms with van der Waals surface area (Å²) in [4.78, 5) is 52.0. The molecule has 2 aromatic rings. The zero-order valence-corrected chi connectivity index (χ0v) is 29.3. The van der Waals surface area contributed by atoms with E-state index in [9.17, 15) is 14.7 Å². The van der Waals surface area contributed by atoms with Crippen LogP contribution in [-0.4, -0.2) is 83.8 Å². The molecule has 0 saturated carbocycles. The third kappa shape index (κ3) is 5.54. The Kier molecular flexibility index (Phi) is 10.2. The van der Waals surface area contributed by atoms with Crippen molar-refractivity contribution in [3.8, 4) is 0 Å². The molecule has 3 amide bonds. The second kappa shape index (κ2) is 13.9. The van der Waals surface area contributed by atoms with Crippen molar-refractivity contribution in [1.82, 2.24) is 4.90 Å². The second-order valence-corrected chi connectivity index (χ2v) is 13.9. The van der Waals surface area contributed by atoms with E-state index in [2.05, 4.69) is 31.9 Å². The van der Waals surface area contributed by atoms with E-state index < -0.39 is 35.1 Å². The molecule has 3 fully saturated rings. The minimum Gasteiger partial charge on any atom is -0.394 e. The minimum atomic E-state index is -1.26. The van der Waals surface area contributed by atoms with Crippen molar-refractivity contribution in [2.45, 2.75) is 71.2 Å². The number of ether oxygens (including phenoxy) is 1. The molecule has 2 bridgehead atoms. The summed E-state index contributed by atoms with van der Waals surface area (Å²) >= 11 is 0. The van der Waals surface area contributed by atoms with Crippen LogP contribution in [-0.2, 0) is 19.1 Å². The molecule has 2 aromatic carbocycles. The van der Waals surface area contributed by atoms with E-state index >= 15 is 4.79 Å². The first-order valence-electron chi connectivity index (χ1n) is 17.3. The van der Waals surface area contributed by atoms with Crippen LogP contribution in [0.1, 0.15) is 48.0 Å². The Morgan fingerprint density at radius 2 is 1.50 bits per heavy atom. The largest absolute Gasteiger partial charge is 0.394 e. The Bertz CT molecular complexity index is 1510. The van der Waals surface area contributed by atoms with Crippen LogP contribution in [0.2, 0.25) is 0 Å². The molecule has 0 aliphatic carbocycles. The van der Waals surface area contributed by atoms with Gasteiger partial charge in [0.15, 0.2) is 0 Å². The van der Waals surface area contributed by atoms with Gasteiger partial charge in [-0.25, -0.2) is 0 Å². The van der Waals surface area contributed by atoms with Crippen LogP contribution in [0.15, 0.2) is 79.9 Å². The summed E-state index contributed by atoms with van der Waals surface area (Å²) in [6.07, 6.45) is 3.78. The number of rotatable bonds is 14. The number of amides is 3. The molecule has 0 radical (unpaired) electrons. The van der Waals surface area contributed by atoms with Gasteiger partial charge in [0, 0.05) is 43.2 Å². The number of likely N-dealkylation sites (tertiary alicyclic amines) is 1. The lowest BCUT2D eigenvalue weighted by Gasteiger charge is -2.40. The molecule has 258 valence electrons. The van der Waals surface area contributed by atoms with Gasteiger partial charge in [0.1, 0.15) is 11.6 Å². The van der Waals surface area contributed by atoms with Gasteiger partial charge in [-0.05, 0) is 75.4 Å². The topological polar surface area (TPSA) is 93.6 Å². The lowest BCUT2D eigenvalue weighted by molar-refractivity contribution is -0.150. The predicted octanol–water partition coefficient (Wildman–Crippen LogP) is 5.30. The maximum absolute atomic E-state index is 15.1. The van der Waals surface area contributed by atoms with Crippen molar-refractivity contribution >= 4 is 34.8 Å². The van der Waals surface area contributed by atoms with Crippen molar-refractivity contribution in [2.24, 2.45) is 23.7 Å². The standard InChI is InChI=1S/C39H52N4O5/c1-9-22-41(29-16-14-13-15-17-29)35(45)32-33-36(46)43(31(25-44)26(5)6)34(39(33)24-27(7)38(32,8)48-39)37(47)42(23-10-2)30-20-18-28(19-21-30)40(11-3)12-4/h9-10,13-21,26-27,31-34,44H,1-2,11-12,22-25H2,3-8H3/t27?,31-,32-,33-,34?,38+,39?/m0/s1. The van der Waals surface area contributed by atoms with E-state index in [1.807, 2.05) is 82.3 Å². The SMILES string of the molecule is C=CCN(C(=O)C1N([C@@H](CO)C(C)C)C(=O)[C@@H]2[C@@H](C(=O)N(CC=C)c3ccccc3)[C@]3(C)OC12CC3C)c1ccc(N(CC)CC)cc1. The molecule has 5 rings (SSSR count). The number of anilines is 3. The van der Waals surface area contributed by atoms with E-state index in [1.54, 1.807) is 26.9 Å². The van der Waals surface area contributed by atoms with Gasteiger partial charge in [-0.15, -0.1) is 13.2 Å². The lowest BCUT2D eigenvalue weighted by Crippen LogP contribution is -2.60. The van der Waals surface area contributed by atoms with E-state index in [-0.39, 0.29) is 49.3 Å². The monoisotopic (exact) mass is 656 g/mol. The second-order valence-electron chi connectivity index (χ2n) is 13.9. The normalized spacial score (nSPS) is 27.9. The molecule has 0 aromatic heterocycles. The third-order valence-corrected chi connectivity index (χ3v) is 11.1. The van der Waals surface area contributed by atoms with Crippen LogP contribution in [0.3, 0.4) is 0 Å². The molecule has 3 saturated heterocycles. The van der Waals surface area contributed by atoms with Crippen LogP contribution in [0.5, 0.6) is 0 Å². The fourth-order valence-electron chi connectivity index (χ4n) is 8.57. The Morgan fingerprint density at radius 3 is 2.02 bits per heavy atom. The highest BCUT2D eigenvalue weighted by molar-refractivity contribution is 6.07. The Morgan fingerprint density at radius 1 is 0.958 bits per heavy atom. The maximum atomic E-state index is 15.1. The number of hydrogen-bond acceptors (Lipinski definition) is 6. The quantitative estimate of drug-likeness (QED) is 0.278.